The third-order valence-corrected chi connectivity index (χ3v) is 5.66. The van der Waals surface area contributed by atoms with Crippen molar-refractivity contribution in [3.8, 4) is 0 Å². The average molecular weight is 470 g/mol. The molecule has 0 aliphatic rings. The van der Waals surface area contributed by atoms with Crippen LogP contribution in [0, 0.1) is 0 Å². The third-order valence-electron chi connectivity index (χ3n) is 4.25. The minimum atomic E-state index is -6.02. The highest BCUT2D eigenvalue weighted by molar-refractivity contribution is 7.89. The van der Waals surface area contributed by atoms with Gasteiger partial charge in [-0.1, -0.05) is 24.3 Å². The second-order valence-corrected chi connectivity index (χ2v) is 8.25. The van der Waals surface area contributed by atoms with Gasteiger partial charge in [0.25, 0.3) is 5.60 Å². The van der Waals surface area contributed by atoms with Crippen molar-refractivity contribution in [3.05, 3.63) is 59.7 Å². The Morgan fingerprint density at radius 1 is 0.968 bits per heavy atom. The molecule has 2 rings (SSSR count). The van der Waals surface area contributed by atoms with E-state index in [0.717, 1.165) is 12.1 Å². The lowest BCUT2D eigenvalue weighted by atomic mass is 9.92. The van der Waals surface area contributed by atoms with Crippen LogP contribution in [0.2, 0.25) is 0 Å². The molecule has 0 fully saturated rings. The Labute approximate surface area is 172 Å². The largest absolute Gasteiger partial charge is 0.430 e. The van der Waals surface area contributed by atoms with Gasteiger partial charge in [-0.3, -0.25) is 4.79 Å². The maximum absolute atomic E-state index is 12.9. The summed E-state index contributed by atoms with van der Waals surface area (Å²) in [6.45, 7) is 0. The number of aliphatic hydroxyl groups is 1. The topological polar surface area (TPSA) is 95.5 Å². The molecule has 0 aliphatic carbocycles. The van der Waals surface area contributed by atoms with Crippen LogP contribution in [0.25, 0.3) is 0 Å². The molecule has 6 nitrogen and oxygen atoms in total. The summed E-state index contributed by atoms with van der Waals surface area (Å²) in [5.41, 5.74) is -6.36. The molecular weight excluding hydrogens is 454 g/mol. The highest BCUT2D eigenvalue weighted by Gasteiger charge is 2.71. The summed E-state index contributed by atoms with van der Waals surface area (Å²) in [5, 5.41) is 11.6. The Kier molecular flexibility index (Phi) is 6.73. The van der Waals surface area contributed by atoms with Gasteiger partial charge in [-0.15, -0.1) is 0 Å². The SMILES string of the molecule is CNS(=O)(=O)c1cccc(CC(=O)Nc2ccc(C(O)(C(F)(F)F)C(F)(F)F)cc2)c1. The number of amides is 1. The number of hydrogen-bond acceptors (Lipinski definition) is 4. The molecule has 0 aliphatic heterocycles. The van der Waals surface area contributed by atoms with Gasteiger partial charge < -0.3 is 10.4 Å². The van der Waals surface area contributed by atoms with E-state index in [9.17, 15) is 44.7 Å². The zero-order valence-electron chi connectivity index (χ0n) is 15.7. The lowest BCUT2D eigenvalue weighted by Gasteiger charge is -2.32. The van der Waals surface area contributed by atoms with Crippen LogP contribution in [-0.4, -0.2) is 38.8 Å². The van der Waals surface area contributed by atoms with Crippen molar-refractivity contribution in [2.45, 2.75) is 29.3 Å². The van der Waals surface area contributed by atoms with E-state index in [2.05, 4.69) is 10.0 Å². The van der Waals surface area contributed by atoms with E-state index in [0.29, 0.717) is 17.7 Å². The highest BCUT2D eigenvalue weighted by Crippen LogP contribution is 2.50. The van der Waals surface area contributed by atoms with Crippen LogP contribution in [0.15, 0.2) is 53.4 Å². The fourth-order valence-corrected chi connectivity index (χ4v) is 3.41. The lowest BCUT2D eigenvalue weighted by molar-refractivity contribution is -0.376. The summed E-state index contributed by atoms with van der Waals surface area (Å²) < 4.78 is 103. The molecule has 0 spiro atoms. The van der Waals surface area contributed by atoms with Gasteiger partial charge in [-0.25, -0.2) is 13.1 Å². The molecule has 2 aromatic carbocycles. The van der Waals surface area contributed by atoms with Crippen molar-refractivity contribution in [1.82, 2.24) is 4.72 Å². The van der Waals surface area contributed by atoms with Crippen LogP contribution >= 0.6 is 0 Å². The van der Waals surface area contributed by atoms with Crippen molar-refractivity contribution in [2.75, 3.05) is 12.4 Å². The van der Waals surface area contributed by atoms with E-state index >= 15 is 0 Å². The molecule has 2 aromatic rings. The number of nitrogens with one attached hydrogen (secondary N) is 2. The van der Waals surface area contributed by atoms with Crippen LogP contribution in [-0.2, 0) is 26.8 Å². The molecule has 3 N–H and O–H groups in total. The first-order chi connectivity index (χ1) is 14.1. The fourth-order valence-electron chi connectivity index (χ4n) is 2.61. The average Bonchev–Trinajstić information content (AvgIpc) is 2.66. The van der Waals surface area contributed by atoms with E-state index in [-0.39, 0.29) is 17.0 Å². The summed E-state index contributed by atoms with van der Waals surface area (Å²) in [5.74, 6) is -0.700. The van der Waals surface area contributed by atoms with Gasteiger partial charge in [-0.2, -0.15) is 26.3 Å². The Morgan fingerprint density at radius 2 is 1.52 bits per heavy atom. The molecule has 31 heavy (non-hydrogen) atoms. The summed E-state index contributed by atoms with van der Waals surface area (Å²) in [4.78, 5) is 12.0. The number of halogens is 6. The molecule has 0 radical (unpaired) electrons. The Bertz CT molecular complexity index is 1040. The van der Waals surface area contributed by atoms with Gasteiger partial charge in [0, 0.05) is 11.3 Å². The van der Waals surface area contributed by atoms with Gasteiger partial charge in [0.1, 0.15) is 0 Å². The summed E-state index contributed by atoms with van der Waals surface area (Å²) in [6.07, 6.45) is -12.4. The minimum Gasteiger partial charge on any atom is -0.369 e. The van der Waals surface area contributed by atoms with Gasteiger partial charge >= 0.3 is 12.4 Å². The monoisotopic (exact) mass is 470 g/mol. The predicted octanol–water partition coefficient (Wildman–Crippen LogP) is 3.09. The zero-order valence-corrected chi connectivity index (χ0v) is 16.5. The van der Waals surface area contributed by atoms with Crippen molar-refractivity contribution < 1.29 is 44.7 Å². The van der Waals surface area contributed by atoms with Crippen LogP contribution < -0.4 is 10.0 Å². The Morgan fingerprint density at radius 3 is 2.00 bits per heavy atom. The van der Waals surface area contributed by atoms with Gasteiger partial charge in [0.05, 0.1) is 11.3 Å². The number of carbonyl (C=O) groups excluding carboxylic acids is 1. The van der Waals surface area contributed by atoms with Crippen molar-refractivity contribution >= 4 is 21.6 Å². The van der Waals surface area contributed by atoms with E-state index in [1.54, 1.807) is 0 Å². The van der Waals surface area contributed by atoms with Crippen LogP contribution in [0.1, 0.15) is 11.1 Å². The number of sulfonamides is 1. The summed E-state index contributed by atoms with van der Waals surface area (Å²) >= 11 is 0. The number of rotatable bonds is 6. The number of anilines is 1. The smallest absolute Gasteiger partial charge is 0.369 e. The standard InChI is InChI=1S/C18H16F6N2O4S/c1-25-31(29,30)14-4-2-3-11(9-14)10-15(27)26-13-7-5-12(6-8-13)16(28,17(19,20)21)18(22,23)24/h2-9,25,28H,10H2,1H3,(H,26,27). The molecular formula is C18H16F6N2O4S. The molecule has 0 aromatic heterocycles. The first kappa shape index (κ1) is 24.6. The van der Waals surface area contributed by atoms with E-state index in [1.807, 2.05) is 0 Å². The molecule has 0 saturated carbocycles. The minimum absolute atomic E-state index is 0.0942. The van der Waals surface area contributed by atoms with Gasteiger partial charge in [0.2, 0.25) is 15.9 Å². The molecule has 0 saturated heterocycles. The third kappa shape index (κ3) is 5.17. The second kappa shape index (κ2) is 8.48. The molecule has 0 atom stereocenters. The maximum Gasteiger partial charge on any atom is 0.430 e. The van der Waals surface area contributed by atoms with Crippen LogP contribution in [0.4, 0.5) is 32.0 Å². The molecule has 0 bridgehead atoms. The predicted molar refractivity (Wildman–Crippen MR) is 97.5 cm³/mol. The van der Waals surface area contributed by atoms with Gasteiger partial charge in [0.15, 0.2) is 0 Å². The number of alkyl halides is 6. The van der Waals surface area contributed by atoms with Crippen molar-refractivity contribution in [3.63, 3.8) is 0 Å². The summed E-state index contributed by atoms with van der Waals surface area (Å²) in [7, 11) is -2.54. The Hall–Kier alpha value is -2.64. The lowest BCUT2D eigenvalue weighted by Crippen LogP contribution is -2.53. The Balaban J connectivity index is 2.19. The van der Waals surface area contributed by atoms with Crippen molar-refractivity contribution in [1.29, 1.82) is 0 Å². The number of carbonyl (C=O) groups is 1. The summed E-state index contributed by atoms with van der Waals surface area (Å²) in [6, 6.07) is 7.75. The van der Waals surface area contributed by atoms with Crippen molar-refractivity contribution in [2.24, 2.45) is 0 Å². The number of hydrogen-bond donors (Lipinski definition) is 3. The fraction of sp³-hybridized carbons (Fsp3) is 0.278. The van der Waals surface area contributed by atoms with E-state index in [4.69, 9.17) is 0 Å². The maximum atomic E-state index is 12.9. The molecule has 1 amide bonds. The second-order valence-electron chi connectivity index (χ2n) is 6.36. The first-order valence-corrected chi connectivity index (χ1v) is 9.89. The quantitative estimate of drug-likeness (QED) is 0.566. The first-order valence-electron chi connectivity index (χ1n) is 8.40. The van der Waals surface area contributed by atoms with E-state index in [1.165, 1.54) is 31.3 Å². The molecule has 13 heteroatoms. The van der Waals surface area contributed by atoms with Crippen LogP contribution in [0.3, 0.4) is 0 Å². The zero-order chi connectivity index (χ0) is 23.7. The van der Waals surface area contributed by atoms with Crippen LogP contribution in [0.5, 0.6) is 0 Å². The van der Waals surface area contributed by atoms with Gasteiger partial charge in [-0.05, 0) is 36.9 Å². The number of benzene rings is 2. The molecule has 0 heterocycles. The molecule has 0 unspecified atom stereocenters. The normalized spacial score (nSPS) is 13.2. The highest BCUT2D eigenvalue weighted by atomic mass is 32.2. The molecule has 170 valence electrons. The van der Waals surface area contributed by atoms with E-state index < -0.39 is 39.4 Å².